The van der Waals surface area contributed by atoms with Crippen LogP contribution in [0.1, 0.15) is 18.4 Å². The molecule has 0 aromatic heterocycles. The molecule has 1 fully saturated rings. The zero-order valence-electron chi connectivity index (χ0n) is 10.6. The van der Waals surface area contributed by atoms with Crippen molar-refractivity contribution in [3.8, 4) is 0 Å². The molecule has 1 N–H and O–H groups in total. The molecule has 1 heterocycles. The third-order valence-corrected chi connectivity index (χ3v) is 5.42. The van der Waals surface area contributed by atoms with Gasteiger partial charge in [0.05, 0.1) is 0 Å². The van der Waals surface area contributed by atoms with E-state index >= 15 is 0 Å². The van der Waals surface area contributed by atoms with E-state index in [1.165, 1.54) is 10.8 Å². The summed E-state index contributed by atoms with van der Waals surface area (Å²) in [6.07, 6.45) is 2.40. The topological polar surface area (TPSA) is 37.3 Å². The molecule has 0 amide bonds. The van der Waals surface area contributed by atoms with E-state index in [1.54, 1.807) is 11.8 Å². The highest BCUT2D eigenvalue weighted by molar-refractivity contribution is 8.01. The molecule has 0 bridgehead atoms. The number of carbonyl (C=O) groups is 1. The lowest BCUT2D eigenvalue weighted by atomic mass is 9.91. The number of thioether (sulfide) groups is 1. The SMILES string of the molecule is O=C(O)C1(Cc2cccc3ccccc23)CCCS1. The molecular weight excluding hydrogens is 256 g/mol. The van der Waals surface area contributed by atoms with E-state index in [1.807, 2.05) is 18.2 Å². The lowest BCUT2D eigenvalue weighted by Crippen LogP contribution is -2.34. The largest absolute Gasteiger partial charge is 0.480 e. The summed E-state index contributed by atoms with van der Waals surface area (Å²) in [7, 11) is 0. The second kappa shape index (κ2) is 4.89. The molecule has 0 radical (unpaired) electrons. The van der Waals surface area contributed by atoms with Crippen molar-refractivity contribution in [2.45, 2.75) is 24.0 Å². The summed E-state index contributed by atoms with van der Waals surface area (Å²) in [5.41, 5.74) is 1.15. The fourth-order valence-corrected chi connectivity index (χ4v) is 4.18. The number of carboxylic acid groups (broad SMARTS) is 1. The first kappa shape index (κ1) is 12.5. The minimum absolute atomic E-state index is 0.619. The molecule has 0 saturated carbocycles. The smallest absolute Gasteiger partial charge is 0.320 e. The van der Waals surface area contributed by atoms with Crippen LogP contribution in [0.25, 0.3) is 10.8 Å². The van der Waals surface area contributed by atoms with Crippen molar-refractivity contribution < 1.29 is 9.90 Å². The van der Waals surface area contributed by atoms with Gasteiger partial charge in [0.15, 0.2) is 0 Å². The van der Waals surface area contributed by atoms with Crippen LogP contribution < -0.4 is 0 Å². The van der Waals surface area contributed by atoms with Crippen LogP contribution in [-0.4, -0.2) is 21.6 Å². The molecule has 1 saturated heterocycles. The number of hydrogen-bond acceptors (Lipinski definition) is 2. The third-order valence-electron chi connectivity index (χ3n) is 3.85. The Labute approximate surface area is 116 Å². The highest BCUT2D eigenvalue weighted by Gasteiger charge is 2.42. The van der Waals surface area contributed by atoms with Crippen molar-refractivity contribution in [2.75, 3.05) is 5.75 Å². The molecule has 2 nitrogen and oxygen atoms in total. The summed E-state index contributed by atoms with van der Waals surface area (Å²) < 4.78 is -0.621. The summed E-state index contributed by atoms with van der Waals surface area (Å²) in [4.78, 5) is 11.6. The Kier molecular flexibility index (Phi) is 3.23. The number of aliphatic carboxylic acids is 1. The second-order valence-electron chi connectivity index (χ2n) is 5.07. The number of hydrogen-bond donors (Lipinski definition) is 1. The molecule has 0 spiro atoms. The third kappa shape index (κ3) is 2.23. The highest BCUT2D eigenvalue weighted by Crippen LogP contribution is 2.42. The van der Waals surface area contributed by atoms with Gasteiger partial charge < -0.3 is 5.11 Å². The maximum atomic E-state index is 11.6. The molecule has 19 heavy (non-hydrogen) atoms. The number of fused-ring (bicyclic) bond motifs is 1. The van der Waals surface area contributed by atoms with E-state index < -0.39 is 10.7 Å². The van der Waals surface area contributed by atoms with Gasteiger partial charge in [-0.05, 0) is 41.4 Å². The van der Waals surface area contributed by atoms with Gasteiger partial charge in [0, 0.05) is 0 Å². The van der Waals surface area contributed by atoms with E-state index in [2.05, 4.69) is 24.3 Å². The van der Waals surface area contributed by atoms with E-state index in [4.69, 9.17) is 0 Å². The average Bonchev–Trinajstić information content (AvgIpc) is 2.89. The number of carboxylic acids is 1. The lowest BCUT2D eigenvalue weighted by molar-refractivity contribution is -0.139. The van der Waals surface area contributed by atoms with Gasteiger partial charge in [-0.3, -0.25) is 4.79 Å². The Morgan fingerprint density at radius 3 is 2.74 bits per heavy atom. The van der Waals surface area contributed by atoms with Crippen LogP contribution in [0, 0.1) is 0 Å². The van der Waals surface area contributed by atoms with Crippen molar-refractivity contribution in [1.29, 1.82) is 0 Å². The van der Waals surface area contributed by atoms with Crippen LogP contribution in [0.4, 0.5) is 0 Å². The van der Waals surface area contributed by atoms with Crippen molar-refractivity contribution >= 4 is 28.5 Å². The van der Waals surface area contributed by atoms with Crippen LogP contribution in [0.3, 0.4) is 0 Å². The molecule has 1 aliphatic rings. The summed E-state index contributed by atoms with van der Waals surface area (Å²) in [5.74, 6) is 0.291. The van der Waals surface area contributed by atoms with Crippen molar-refractivity contribution in [3.05, 3.63) is 48.0 Å². The first-order chi connectivity index (χ1) is 9.21. The number of rotatable bonds is 3. The minimum Gasteiger partial charge on any atom is -0.480 e. The molecule has 1 unspecified atom stereocenters. The molecule has 0 aliphatic carbocycles. The van der Waals surface area contributed by atoms with Gasteiger partial charge in [0.1, 0.15) is 4.75 Å². The molecule has 2 aromatic carbocycles. The molecule has 1 atom stereocenters. The molecule has 2 aromatic rings. The van der Waals surface area contributed by atoms with E-state index in [-0.39, 0.29) is 0 Å². The molecule has 3 rings (SSSR count). The maximum Gasteiger partial charge on any atom is 0.320 e. The van der Waals surface area contributed by atoms with E-state index in [9.17, 15) is 9.90 Å². The van der Waals surface area contributed by atoms with Crippen molar-refractivity contribution in [3.63, 3.8) is 0 Å². The Morgan fingerprint density at radius 1 is 1.21 bits per heavy atom. The lowest BCUT2D eigenvalue weighted by Gasteiger charge is -2.23. The van der Waals surface area contributed by atoms with Gasteiger partial charge in [0.25, 0.3) is 0 Å². The second-order valence-corrected chi connectivity index (χ2v) is 6.54. The van der Waals surface area contributed by atoms with Gasteiger partial charge in [-0.25, -0.2) is 0 Å². The predicted molar refractivity (Wildman–Crippen MR) is 79.7 cm³/mol. The van der Waals surface area contributed by atoms with E-state index in [0.717, 1.165) is 24.2 Å². The zero-order valence-corrected chi connectivity index (χ0v) is 11.5. The summed E-state index contributed by atoms with van der Waals surface area (Å²) in [5, 5.41) is 11.9. The first-order valence-corrected chi connectivity index (χ1v) is 7.54. The summed E-state index contributed by atoms with van der Waals surface area (Å²) in [6.45, 7) is 0. The van der Waals surface area contributed by atoms with Crippen LogP contribution in [0.2, 0.25) is 0 Å². The fourth-order valence-electron chi connectivity index (χ4n) is 2.84. The summed E-state index contributed by atoms with van der Waals surface area (Å²) >= 11 is 1.60. The van der Waals surface area contributed by atoms with Crippen LogP contribution in [0.5, 0.6) is 0 Å². The Morgan fingerprint density at radius 2 is 2.00 bits per heavy atom. The standard InChI is InChI=1S/C16H16O2S/c17-15(18)16(9-4-10-19-16)11-13-7-3-6-12-5-1-2-8-14(12)13/h1-3,5-8H,4,9-11H2,(H,17,18). The highest BCUT2D eigenvalue weighted by atomic mass is 32.2. The molecule has 1 aliphatic heterocycles. The van der Waals surface area contributed by atoms with Crippen LogP contribution in [0.15, 0.2) is 42.5 Å². The van der Waals surface area contributed by atoms with E-state index in [0.29, 0.717) is 6.42 Å². The Hall–Kier alpha value is -1.48. The van der Waals surface area contributed by atoms with Gasteiger partial charge >= 0.3 is 5.97 Å². The zero-order chi connectivity index (χ0) is 13.3. The predicted octanol–water partition coefficient (Wildman–Crippen LogP) is 3.73. The fraction of sp³-hybridized carbons (Fsp3) is 0.312. The quantitative estimate of drug-likeness (QED) is 0.925. The average molecular weight is 272 g/mol. The Bertz CT molecular complexity index is 610. The maximum absolute atomic E-state index is 11.6. The first-order valence-electron chi connectivity index (χ1n) is 6.55. The minimum atomic E-state index is -0.664. The van der Waals surface area contributed by atoms with Gasteiger partial charge in [-0.15, -0.1) is 11.8 Å². The molecule has 98 valence electrons. The van der Waals surface area contributed by atoms with Crippen LogP contribution >= 0.6 is 11.8 Å². The van der Waals surface area contributed by atoms with Crippen molar-refractivity contribution in [1.82, 2.24) is 0 Å². The molecular formula is C16H16O2S. The normalized spacial score (nSPS) is 22.7. The Balaban J connectivity index is 2.03. The number of benzene rings is 2. The van der Waals surface area contributed by atoms with Crippen molar-refractivity contribution in [2.24, 2.45) is 0 Å². The van der Waals surface area contributed by atoms with Gasteiger partial charge in [0.2, 0.25) is 0 Å². The molecule has 3 heteroatoms. The summed E-state index contributed by atoms with van der Waals surface area (Å²) in [6, 6.07) is 14.4. The monoisotopic (exact) mass is 272 g/mol. The van der Waals surface area contributed by atoms with Crippen LogP contribution in [-0.2, 0) is 11.2 Å². The van der Waals surface area contributed by atoms with Gasteiger partial charge in [-0.1, -0.05) is 42.5 Å². The van der Waals surface area contributed by atoms with Gasteiger partial charge in [-0.2, -0.15) is 0 Å².